The fraction of sp³-hybridized carbons (Fsp3) is 0.417. The van der Waals surface area contributed by atoms with Crippen molar-refractivity contribution >= 4 is 11.3 Å². The Morgan fingerprint density at radius 2 is 2.32 bits per heavy atom. The number of hydrogen-bond donors (Lipinski definition) is 1. The van der Waals surface area contributed by atoms with E-state index in [0.29, 0.717) is 13.2 Å². The number of ether oxygens (including phenoxy) is 1. The normalized spacial score (nSPS) is 10.8. The third-order valence-corrected chi connectivity index (χ3v) is 3.55. The second-order valence-corrected chi connectivity index (χ2v) is 5.10. The number of hydrogen-bond acceptors (Lipinski definition) is 6. The van der Waals surface area contributed by atoms with Gasteiger partial charge in [0.25, 0.3) is 5.56 Å². The van der Waals surface area contributed by atoms with E-state index in [2.05, 4.69) is 15.5 Å². The maximum absolute atomic E-state index is 11.6. The number of aromatic nitrogens is 3. The van der Waals surface area contributed by atoms with Crippen molar-refractivity contribution in [1.82, 2.24) is 20.1 Å². The molecule has 0 aliphatic heterocycles. The highest BCUT2D eigenvalue weighted by Crippen LogP contribution is 2.21. The van der Waals surface area contributed by atoms with Crippen molar-refractivity contribution in [2.45, 2.75) is 6.54 Å². The summed E-state index contributed by atoms with van der Waals surface area (Å²) in [7, 11) is 3.39. The van der Waals surface area contributed by atoms with Crippen molar-refractivity contribution in [3.05, 3.63) is 33.7 Å². The van der Waals surface area contributed by atoms with E-state index in [9.17, 15) is 4.79 Å². The lowest BCUT2D eigenvalue weighted by Crippen LogP contribution is -2.18. The number of pyridine rings is 1. The van der Waals surface area contributed by atoms with Crippen LogP contribution < -0.4 is 10.9 Å². The van der Waals surface area contributed by atoms with Gasteiger partial charge in [-0.1, -0.05) is 11.3 Å². The van der Waals surface area contributed by atoms with Crippen LogP contribution in [0.4, 0.5) is 0 Å². The summed E-state index contributed by atoms with van der Waals surface area (Å²) in [5, 5.41) is 13.1. The van der Waals surface area contributed by atoms with Crippen LogP contribution in [0, 0.1) is 0 Å². The molecule has 19 heavy (non-hydrogen) atoms. The predicted octanol–water partition coefficient (Wildman–Crippen LogP) is 0.640. The van der Waals surface area contributed by atoms with Crippen LogP contribution in [0.2, 0.25) is 0 Å². The van der Waals surface area contributed by atoms with Gasteiger partial charge in [0.1, 0.15) is 10.0 Å². The standard InChI is InChI=1S/C12H16N4O2S/c1-16-5-3-9(7-11(16)17)12-15-14-10(19-12)8-13-4-6-18-2/h3,5,7,13H,4,6,8H2,1-2H3. The Kier molecular flexibility index (Phi) is 4.78. The van der Waals surface area contributed by atoms with Gasteiger partial charge in [-0.25, -0.2) is 0 Å². The van der Waals surface area contributed by atoms with Gasteiger partial charge >= 0.3 is 0 Å². The van der Waals surface area contributed by atoms with E-state index >= 15 is 0 Å². The summed E-state index contributed by atoms with van der Waals surface area (Å²) < 4.78 is 6.47. The number of nitrogens with one attached hydrogen (secondary N) is 1. The van der Waals surface area contributed by atoms with Crippen LogP contribution in [0.1, 0.15) is 5.01 Å². The quantitative estimate of drug-likeness (QED) is 0.786. The van der Waals surface area contributed by atoms with Crippen LogP contribution in [0.3, 0.4) is 0 Å². The number of nitrogens with zero attached hydrogens (tertiary/aromatic N) is 3. The fourth-order valence-corrected chi connectivity index (χ4v) is 2.30. The van der Waals surface area contributed by atoms with Gasteiger partial charge in [-0.05, 0) is 6.07 Å². The number of rotatable bonds is 6. The molecular weight excluding hydrogens is 264 g/mol. The molecule has 0 aromatic carbocycles. The molecule has 7 heteroatoms. The first kappa shape index (κ1) is 13.9. The minimum Gasteiger partial charge on any atom is -0.383 e. The zero-order valence-corrected chi connectivity index (χ0v) is 11.7. The van der Waals surface area contributed by atoms with Gasteiger partial charge in [-0.15, -0.1) is 10.2 Å². The molecule has 0 bridgehead atoms. The minimum atomic E-state index is -0.0486. The molecule has 2 rings (SSSR count). The Bertz CT molecular complexity index is 593. The third kappa shape index (κ3) is 3.69. The highest BCUT2D eigenvalue weighted by molar-refractivity contribution is 7.14. The molecule has 0 unspecified atom stereocenters. The van der Waals surface area contributed by atoms with Gasteiger partial charge in [0.2, 0.25) is 0 Å². The molecule has 0 aliphatic rings. The Morgan fingerprint density at radius 1 is 1.47 bits per heavy atom. The van der Waals surface area contributed by atoms with Gasteiger partial charge < -0.3 is 14.6 Å². The average Bonchev–Trinajstić information content (AvgIpc) is 2.87. The van der Waals surface area contributed by atoms with Crippen molar-refractivity contribution in [2.24, 2.45) is 7.05 Å². The molecule has 0 saturated carbocycles. The zero-order valence-electron chi connectivity index (χ0n) is 10.9. The summed E-state index contributed by atoms with van der Waals surface area (Å²) in [4.78, 5) is 11.6. The Morgan fingerprint density at radius 3 is 3.05 bits per heavy atom. The van der Waals surface area contributed by atoms with Gasteiger partial charge in [0.15, 0.2) is 0 Å². The summed E-state index contributed by atoms with van der Waals surface area (Å²) >= 11 is 1.48. The van der Waals surface area contributed by atoms with Crippen molar-refractivity contribution in [3.63, 3.8) is 0 Å². The van der Waals surface area contributed by atoms with E-state index in [4.69, 9.17) is 4.74 Å². The monoisotopic (exact) mass is 280 g/mol. The molecule has 2 aromatic heterocycles. The van der Waals surface area contributed by atoms with E-state index in [1.165, 1.54) is 15.9 Å². The van der Waals surface area contributed by atoms with Crippen LogP contribution in [0.25, 0.3) is 10.6 Å². The first-order valence-corrected chi connectivity index (χ1v) is 6.71. The summed E-state index contributed by atoms with van der Waals surface area (Å²) in [5.41, 5.74) is 0.760. The van der Waals surface area contributed by atoms with Crippen LogP contribution in [0.5, 0.6) is 0 Å². The van der Waals surface area contributed by atoms with E-state index in [1.54, 1.807) is 26.4 Å². The molecule has 1 N–H and O–H groups in total. The molecule has 2 heterocycles. The molecule has 0 aliphatic carbocycles. The summed E-state index contributed by atoms with van der Waals surface area (Å²) in [6.45, 7) is 2.10. The van der Waals surface area contributed by atoms with E-state index in [1.807, 2.05) is 6.07 Å². The Hall–Kier alpha value is -1.57. The Labute approximate surface area is 115 Å². The summed E-state index contributed by atoms with van der Waals surface area (Å²) in [6, 6.07) is 3.44. The maximum atomic E-state index is 11.6. The maximum Gasteiger partial charge on any atom is 0.250 e. The second-order valence-electron chi connectivity index (χ2n) is 4.04. The van der Waals surface area contributed by atoms with Crippen molar-refractivity contribution < 1.29 is 4.74 Å². The molecule has 0 spiro atoms. The molecule has 0 atom stereocenters. The number of aryl methyl sites for hydroxylation is 1. The second kappa shape index (κ2) is 6.55. The van der Waals surface area contributed by atoms with Crippen LogP contribution in [-0.2, 0) is 18.3 Å². The van der Waals surface area contributed by atoms with Gasteiger partial charge in [0, 0.05) is 45.1 Å². The molecule has 2 aromatic rings. The average molecular weight is 280 g/mol. The molecule has 0 radical (unpaired) electrons. The van der Waals surface area contributed by atoms with Crippen LogP contribution >= 0.6 is 11.3 Å². The molecular formula is C12H16N4O2S. The van der Waals surface area contributed by atoms with Crippen LogP contribution in [-0.4, -0.2) is 35.0 Å². The van der Waals surface area contributed by atoms with Crippen molar-refractivity contribution in [3.8, 4) is 10.6 Å². The van der Waals surface area contributed by atoms with Crippen molar-refractivity contribution in [2.75, 3.05) is 20.3 Å². The molecule has 0 saturated heterocycles. The lowest BCUT2D eigenvalue weighted by Gasteiger charge is -1.99. The van der Waals surface area contributed by atoms with Gasteiger partial charge in [-0.3, -0.25) is 4.79 Å². The molecule has 0 fully saturated rings. The lowest BCUT2D eigenvalue weighted by molar-refractivity contribution is 0.199. The lowest BCUT2D eigenvalue weighted by atomic mass is 10.3. The van der Waals surface area contributed by atoms with E-state index < -0.39 is 0 Å². The van der Waals surface area contributed by atoms with Crippen molar-refractivity contribution in [1.29, 1.82) is 0 Å². The first-order chi connectivity index (χ1) is 9.20. The van der Waals surface area contributed by atoms with Crippen LogP contribution in [0.15, 0.2) is 23.1 Å². The molecule has 102 valence electrons. The highest BCUT2D eigenvalue weighted by atomic mass is 32.1. The topological polar surface area (TPSA) is 69.0 Å². The summed E-state index contributed by atoms with van der Waals surface area (Å²) in [5.74, 6) is 0. The third-order valence-electron chi connectivity index (χ3n) is 2.58. The SMILES string of the molecule is COCCNCc1nnc(-c2ccn(C)c(=O)c2)s1. The first-order valence-electron chi connectivity index (χ1n) is 5.90. The molecule has 6 nitrogen and oxygen atoms in total. The van der Waals surface area contributed by atoms with E-state index in [-0.39, 0.29) is 5.56 Å². The van der Waals surface area contributed by atoms with Gasteiger partial charge in [0.05, 0.1) is 6.61 Å². The number of methoxy groups -OCH3 is 1. The minimum absolute atomic E-state index is 0.0486. The highest BCUT2D eigenvalue weighted by Gasteiger charge is 2.07. The predicted molar refractivity (Wildman–Crippen MR) is 74.2 cm³/mol. The fourth-order valence-electron chi connectivity index (χ4n) is 1.49. The Balaban J connectivity index is 2.03. The largest absolute Gasteiger partial charge is 0.383 e. The zero-order chi connectivity index (χ0) is 13.7. The van der Waals surface area contributed by atoms with E-state index in [0.717, 1.165) is 22.1 Å². The van der Waals surface area contributed by atoms with Gasteiger partial charge in [-0.2, -0.15) is 0 Å². The molecule has 0 amide bonds. The summed E-state index contributed by atoms with van der Waals surface area (Å²) in [6.07, 6.45) is 1.73. The smallest absolute Gasteiger partial charge is 0.250 e.